The smallest absolute Gasteiger partial charge is 0.335 e. The molecule has 0 aliphatic carbocycles. The molecule has 0 atom stereocenters. The van der Waals surface area contributed by atoms with Gasteiger partial charge in [-0.2, -0.15) is 0 Å². The average molecular weight is 472 g/mol. The van der Waals surface area contributed by atoms with Gasteiger partial charge in [-0.15, -0.1) is 0 Å². The third-order valence-corrected chi connectivity index (χ3v) is 4.80. The van der Waals surface area contributed by atoms with E-state index < -0.39 is 18.4 Å². The number of alkyl halides is 2. The summed E-state index contributed by atoms with van der Waals surface area (Å²) < 4.78 is 37.5. The van der Waals surface area contributed by atoms with E-state index in [4.69, 9.17) is 9.47 Å². The summed E-state index contributed by atoms with van der Waals surface area (Å²) in [7, 11) is 0. The standard InChI is InChI=1S/C29H22F2O4/c1-3-27(32)34-24-15-9-20(10-16-24)5-6-22-8-14-23(26(19-22)29(30)31)13-7-21-11-17-25(18-12-21)35-28(33)4-2/h3-19,29H,1-2H2/b6-5+,13-7+. The van der Waals surface area contributed by atoms with E-state index in [-0.39, 0.29) is 5.56 Å². The van der Waals surface area contributed by atoms with Gasteiger partial charge in [0.05, 0.1) is 0 Å². The number of hydrogen-bond acceptors (Lipinski definition) is 4. The Morgan fingerprint density at radius 1 is 0.657 bits per heavy atom. The summed E-state index contributed by atoms with van der Waals surface area (Å²) >= 11 is 0. The SMILES string of the molecule is C=CC(=O)Oc1ccc(/C=C/c2ccc(/C=C/c3ccc(OC(=O)C=C)cc3)c(C(F)F)c2)cc1. The van der Waals surface area contributed by atoms with E-state index >= 15 is 0 Å². The van der Waals surface area contributed by atoms with E-state index in [1.54, 1.807) is 85.0 Å². The van der Waals surface area contributed by atoms with Crippen molar-refractivity contribution in [2.45, 2.75) is 6.43 Å². The van der Waals surface area contributed by atoms with Crippen LogP contribution in [0.2, 0.25) is 0 Å². The van der Waals surface area contributed by atoms with Crippen molar-refractivity contribution < 1.29 is 27.8 Å². The summed E-state index contributed by atoms with van der Waals surface area (Å²) in [4.78, 5) is 22.5. The van der Waals surface area contributed by atoms with Crippen LogP contribution >= 0.6 is 0 Å². The van der Waals surface area contributed by atoms with Gasteiger partial charge in [0.2, 0.25) is 0 Å². The molecule has 3 aromatic rings. The Labute approximate surface area is 202 Å². The summed E-state index contributed by atoms with van der Waals surface area (Å²) in [5, 5.41) is 0. The lowest BCUT2D eigenvalue weighted by Crippen LogP contribution is -2.02. The van der Waals surface area contributed by atoms with Crippen LogP contribution in [0.4, 0.5) is 8.78 Å². The van der Waals surface area contributed by atoms with Gasteiger partial charge in [0.1, 0.15) is 11.5 Å². The van der Waals surface area contributed by atoms with Crippen molar-refractivity contribution >= 4 is 36.2 Å². The molecule has 0 aliphatic rings. The molecule has 0 bridgehead atoms. The fourth-order valence-corrected chi connectivity index (χ4v) is 3.03. The van der Waals surface area contributed by atoms with Crippen LogP contribution in [0.15, 0.2) is 92.0 Å². The minimum absolute atomic E-state index is 0.0911. The first-order valence-electron chi connectivity index (χ1n) is 10.5. The van der Waals surface area contributed by atoms with Gasteiger partial charge in [0.15, 0.2) is 0 Å². The maximum atomic E-state index is 13.7. The van der Waals surface area contributed by atoms with Crippen molar-refractivity contribution in [3.8, 4) is 11.5 Å². The van der Waals surface area contributed by atoms with Crippen molar-refractivity contribution in [3.63, 3.8) is 0 Å². The molecule has 176 valence electrons. The van der Waals surface area contributed by atoms with E-state index in [1.165, 1.54) is 6.07 Å². The number of halogens is 2. The van der Waals surface area contributed by atoms with Crippen LogP contribution in [-0.4, -0.2) is 11.9 Å². The molecule has 4 nitrogen and oxygen atoms in total. The van der Waals surface area contributed by atoms with E-state index in [1.807, 2.05) is 0 Å². The molecule has 35 heavy (non-hydrogen) atoms. The molecule has 0 heterocycles. The fraction of sp³-hybridized carbons (Fsp3) is 0.0345. The van der Waals surface area contributed by atoms with Crippen LogP contribution < -0.4 is 9.47 Å². The number of carbonyl (C=O) groups excluding carboxylic acids is 2. The van der Waals surface area contributed by atoms with Crippen LogP contribution in [0.25, 0.3) is 24.3 Å². The Morgan fingerprint density at radius 3 is 1.54 bits per heavy atom. The third-order valence-electron chi connectivity index (χ3n) is 4.80. The fourth-order valence-electron chi connectivity index (χ4n) is 3.03. The largest absolute Gasteiger partial charge is 0.423 e. The third kappa shape index (κ3) is 7.47. The predicted octanol–water partition coefficient (Wildman–Crippen LogP) is 7.15. The van der Waals surface area contributed by atoms with Crippen LogP contribution in [-0.2, 0) is 9.59 Å². The highest BCUT2D eigenvalue weighted by molar-refractivity contribution is 5.84. The molecule has 6 heteroatoms. The second-order valence-electron chi connectivity index (χ2n) is 7.24. The van der Waals surface area contributed by atoms with Crippen LogP contribution in [0.3, 0.4) is 0 Å². The zero-order chi connectivity index (χ0) is 25.2. The van der Waals surface area contributed by atoms with Crippen molar-refractivity contribution in [2.75, 3.05) is 0 Å². The minimum Gasteiger partial charge on any atom is -0.423 e. The van der Waals surface area contributed by atoms with E-state index in [0.29, 0.717) is 22.6 Å². The van der Waals surface area contributed by atoms with Gasteiger partial charge in [-0.25, -0.2) is 18.4 Å². The maximum absolute atomic E-state index is 13.7. The Balaban J connectivity index is 1.72. The summed E-state index contributed by atoms with van der Waals surface area (Å²) in [6.07, 6.45) is 6.32. The summed E-state index contributed by atoms with van der Waals surface area (Å²) in [6, 6.07) is 18.2. The quantitative estimate of drug-likeness (QED) is 0.144. The monoisotopic (exact) mass is 472 g/mol. The normalized spacial score (nSPS) is 11.1. The van der Waals surface area contributed by atoms with Crippen LogP contribution in [0.5, 0.6) is 11.5 Å². The van der Waals surface area contributed by atoms with Gasteiger partial charge in [-0.05, 0) is 52.6 Å². The molecule has 0 aromatic heterocycles. The number of rotatable bonds is 9. The summed E-state index contributed by atoms with van der Waals surface area (Å²) in [6.45, 7) is 6.68. The zero-order valence-corrected chi connectivity index (χ0v) is 18.7. The van der Waals surface area contributed by atoms with E-state index in [9.17, 15) is 18.4 Å². The second kappa shape index (κ2) is 12.0. The first kappa shape index (κ1) is 25.1. The predicted molar refractivity (Wildman–Crippen MR) is 134 cm³/mol. The molecule has 0 saturated carbocycles. The van der Waals surface area contributed by atoms with Gasteiger partial charge in [0, 0.05) is 17.7 Å². The Hall–Kier alpha value is -4.58. The molecule has 0 amide bonds. The highest BCUT2D eigenvalue weighted by atomic mass is 19.3. The number of carbonyl (C=O) groups is 2. The van der Waals surface area contributed by atoms with Crippen LogP contribution in [0, 0.1) is 0 Å². The van der Waals surface area contributed by atoms with Gasteiger partial charge < -0.3 is 9.47 Å². The van der Waals surface area contributed by atoms with Gasteiger partial charge in [-0.1, -0.05) is 73.9 Å². The number of ether oxygens (including phenoxy) is 2. The molecule has 0 unspecified atom stereocenters. The first-order valence-corrected chi connectivity index (χ1v) is 10.5. The topological polar surface area (TPSA) is 52.6 Å². The Bertz CT molecular complexity index is 1270. The summed E-state index contributed by atoms with van der Waals surface area (Å²) in [5.41, 5.74) is 2.50. The lowest BCUT2D eigenvalue weighted by molar-refractivity contribution is -0.129. The van der Waals surface area contributed by atoms with Crippen molar-refractivity contribution in [3.05, 3.63) is 120 Å². The Kier molecular flexibility index (Phi) is 8.62. The minimum atomic E-state index is -2.65. The van der Waals surface area contributed by atoms with E-state index in [2.05, 4.69) is 13.2 Å². The number of benzene rings is 3. The van der Waals surface area contributed by atoms with Gasteiger partial charge >= 0.3 is 11.9 Å². The van der Waals surface area contributed by atoms with Gasteiger partial charge in [-0.3, -0.25) is 0 Å². The maximum Gasteiger partial charge on any atom is 0.335 e. The molecular formula is C29H22F2O4. The lowest BCUT2D eigenvalue weighted by Gasteiger charge is -2.07. The average Bonchev–Trinajstić information content (AvgIpc) is 2.87. The highest BCUT2D eigenvalue weighted by Crippen LogP contribution is 2.27. The van der Waals surface area contributed by atoms with Crippen molar-refractivity contribution in [1.82, 2.24) is 0 Å². The van der Waals surface area contributed by atoms with E-state index in [0.717, 1.165) is 23.3 Å². The van der Waals surface area contributed by atoms with Crippen molar-refractivity contribution in [1.29, 1.82) is 0 Å². The van der Waals surface area contributed by atoms with Crippen molar-refractivity contribution in [2.24, 2.45) is 0 Å². The number of esters is 2. The molecular weight excluding hydrogens is 450 g/mol. The molecule has 0 saturated heterocycles. The van der Waals surface area contributed by atoms with Crippen LogP contribution in [0.1, 0.15) is 34.2 Å². The molecule has 3 rings (SSSR count). The highest BCUT2D eigenvalue weighted by Gasteiger charge is 2.12. The molecule has 3 aromatic carbocycles. The molecule has 0 spiro atoms. The lowest BCUT2D eigenvalue weighted by atomic mass is 10.0. The van der Waals surface area contributed by atoms with Gasteiger partial charge in [0.25, 0.3) is 6.43 Å². The zero-order valence-electron chi connectivity index (χ0n) is 18.7. The molecule has 0 aliphatic heterocycles. The molecule has 0 N–H and O–H groups in total. The number of hydrogen-bond donors (Lipinski definition) is 0. The second-order valence-corrected chi connectivity index (χ2v) is 7.24. The molecule has 0 fully saturated rings. The first-order chi connectivity index (χ1) is 16.9. The Morgan fingerprint density at radius 2 is 1.09 bits per heavy atom. The molecule has 0 radical (unpaired) electrons. The summed E-state index contributed by atoms with van der Waals surface area (Å²) in [5.74, 6) is -0.359.